The highest BCUT2D eigenvalue weighted by molar-refractivity contribution is 7.90. The van der Waals surface area contributed by atoms with Crippen LogP contribution in [0.4, 0.5) is 0 Å². The summed E-state index contributed by atoms with van der Waals surface area (Å²) in [6, 6.07) is 5.78. The molecule has 0 aliphatic carbocycles. The highest BCUT2D eigenvalue weighted by atomic mass is 35.5. The molecule has 1 aromatic rings. The first kappa shape index (κ1) is 14.5. The molecule has 1 rings (SSSR count). The largest absolute Gasteiger partial charge is 0.313 e. The molecule has 0 saturated heterocycles. The summed E-state index contributed by atoms with van der Waals surface area (Å²) in [7, 11) is -2.84. The minimum atomic E-state index is -2.84. The van der Waals surface area contributed by atoms with Gasteiger partial charge in [0, 0.05) is 17.8 Å². The highest BCUT2D eigenvalue weighted by Crippen LogP contribution is 2.14. The molecule has 1 N–H and O–H groups in total. The van der Waals surface area contributed by atoms with Crippen molar-refractivity contribution in [3.05, 3.63) is 34.3 Å². The Bertz CT molecular complexity index is 471. The molecular weight excluding hydrogens is 258 g/mol. The van der Waals surface area contributed by atoms with E-state index in [2.05, 4.69) is 5.32 Å². The Morgan fingerprint density at radius 3 is 2.65 bits per heavy atom. The summed E-state index contributed by atoms with van der Waals surface area (Å²) in [6.07, 6.45) is 1.90. The van der Waals surface area contributed by atoms with Gasteiger partial charge in [-0.25, -0.2) is 8.42 Å². The molecule has 0 saturated carbocycles. The third-order valence-electron chi connectivity index (χ3n) is 2.49. The van der Waals surface area contributed by atoms with Crippen LogP contribution < -0.4 is 5.32 Å². The Balaban J connectivity index is 2.32. The maximum absolute atomic E-state index is 10.9. The van der Waals surface area contributed by atoms with Gasteiger partial charge in [-0.3, -0.25) is 0 Å². The molecule has 96 valence electrons. The van der Waals surface area contributed by atoms with Gasteiger partial charge in [0.25, 0.3) is 0 Å². The topological polar surface area (TPSA) is 46.2 Å². The molecule has 5 heteroatoms. The molecule has 3 nitrogen and oxygen atoms in total. The van der Waals surface area contributed by atoms with Crippen molar-refractivity contribution >= 4 is 21.4 Å². The SMILES string of the molecule is Cc1cc(Cl)ccc1CNCCCS(C)(=O)=O. The predicted molar refractivity (Wildman–Crippen MR) is 72.2 cm³/mol. The average molecular weight is 276 g/mol. The molecule has 0 aliphatic heterocycles. The minimum absolute atomic E-state index is 0.236. The van der Waals surface area contributed by atoms with Gasteiger partial charge in [0.15, 0.2) is 0 Å². The number of aryl methyl sites for hydroxylation is 1. The first-order chi connectivity index (χ1) is 7.88. The Morgan fingerprint density at radius 2 is 2.06 bits per heavy atom. The highest BCUT2D eigenvalue weighted by Gasteiger charge is 2.02. The average Bonchev–Trinajstić information content (AvgIpc) is 2.18. The number of halogens is 1. The van der Waals surface area contributed by atoms with E-state index in [4.69, 9.17) is 11.6 Å². The van der Waals surface area contributed by atoms with E-state index in [-0.39, 0.29) is 5.75 Å². The van der Waals surface area contributed by atoms with Crippen LogP contribution in [0.15, 0.2) is 18.2 Å². The molecule has 0 atom stereocenters. The lowest BCUT2D eigenvalue weighted by Gasteiger charge is -2.07. The molecule has 0 aromatic heterocycles. The lowest BCUT2D eigenvalue weighted by molar-refractivity contribution is 0.594. The zero-order valence-electron chi connectivity index (χ0n) is 10.2. The van der Waals surface area contributed by atoms with E-state index in [1.807, 2.05) is 25.1 Å². The van der Waals surface area contributed by atoms with Crippen molar-refractivity contribution in [3.63, 3.8) is 0 Å². The molecule has 0 heterocycles. The van der Waals surface area contributed by atoms with Gasteiger partial charge in [0.05, 0.1) is 5.75 Å². The minimum Gasteiger partial charge on any atom is -0.313 e. The fraction of sp³-hybridized carbons (Fsp3) is 0.500. The maximum atomic E-state index is 10.9. The summed E-state index contributed by atoms with van der Waals surface area (Å²) in [4.78, 5) is 0. The molecule has 0 amide bonds. The van der Waals surface area contributed by atoms with Gasteiger partial charge in [0.2, 0.25) is 0 Å². The Morgan fingerprint density at radius 1 is 1.35 bits per heavy atom. The van der Waals surface area contributed by atoms with Crippen molar-refractivity contribution < 1.29 is 8.42 Å². The van der Waals surface area contributed by atoms with Gasteiger partial charge < -0.3 is 5.32 Å². The fourth-order valence-electron chi connectivity index (χ4n) is 1.54. The lowest BCUT2D eigenvalue weighted by Crippen LogP contribution is -2.18. The number of sulfone groups is 1. The lowest BCUT2D eigenvalue weighted by atomic mass is 10.1. The van der Waals surface area contributed by atoms with Crippen LogP contribution >= 0.6 is 11.6 Å². The standard InChI is InChI=1S/C12H18ClNO2S/c1-10-8-12(13)5-4-11(10)9-14-6-3-7-17(2,15)16/h4-5,8,14H,3,6-7,9H2,1-2H3. The summed E-state index contributed by atoms with van der Waals surface area (Å²) < 4.78 is 21.8. The van der Waals surface area contributed by atoms with Crippen molar-refractivity contribution in [2.45, 2.75) is 19.9 Å². The van der Waals surface area contributed by atoms with Gasteiger partial charge in [-0.05, 0) is 43.1 Å². The third kappa shape index (κ3) is 6.05. The van der Waals surface area contributed by atoms with E-state index in [1.165, 1.54) is 11.8 Å². The van der Waals surface area contributed by atoms with Crippen LogP contribution in [0, 0.1) is 6.92 Å². The molecule has 0 aliphatic rings. The summed E-state index contributed by atoms with van der Waals surface area (Å²) in [5, 5.41) is 3.97. The van der Waals surface area contributed by atoms with Crippen LogP contribution in [0.2, 0.25) is 5.02 Å². The second-order valence-electron chi connectivity index (χ2n) is 4.23. The van der Waals surface area contributed by atoms with Crippen molar-refractivity contribution in [1.82, 2.24) is 5.32 Å². The van der Waals surface area contributed by atoms with Crippen LogP contribution in [0.25, 0.3) is 0 Å². The zero-order chi connectivity index (χ0) is 12.9. The molecule has 0 spiro atoms. The number of hydrogen-bond acceptors (Lipinski definition) is 3. The van der Waals surface area contributed by atoms with E-state index < -0.39 is 9.84 Å². The van der Waals surface area contributed by atoms with Crippen LogP contribution in [0.3, 0.4) is 0 Å². The summed E-state index contributed by atoms with van der Waals surface area (Å²) >= 11 is 5.86. The summed E-state index contributed by atoms with van der Waals surface area (Å²) in [5.41, 5.74) is 2.34. The first-order valence-corrected chi connectivity index (χ1v) is 7.96. The van der Waals surface area contributed by atoms with E-state index >= 15 is 0 Å². The number of benzene rings is 1. The number of nitrogens with one attached hydrogen (secondary N) is 1. The smallest absolute Gasteiger partial charge is 0.147 e. The summed E-state index contributed by atoms with van der Waals surface area (Å²) in [6.45, 7) is 3.46. The van der Waals surface area contributed by atoms with Crippen molar-refractivity contribution in [1.29, 1.82) is 0 Å². The molecule has 0 fully saturated rings. The van der Waals surface area contributed by atoms with E-state index in [1.54, 1.807) is 0 Å². The van der Waals surface area contributed by atoms with Gasteiger partial charge in [-0.1, -0.05) is 17.7 Å². The zero-order valence-corrected chi connectivity index (χ0v) is 11.7. The molecular formula is C12H18ClNO2S. The van der Waals surface area contributed by atoms with Gasteiger partial charge in [-0.2, -0.15) is 0 Å². The van der Waals surface area contributed by atoms with E-state index in [0.29, 0.717) is 13.0 Å². The van der Waals surface area contributed by atoms with E-state index in [9.17, 15) is 8.42 Å². The fourth-order valence-corrected chi connectivity index (χ4v) is 2.44. The van der Waals surface area contributed by atoms with Crippen LogP contribution in [0.1, 0.15) is 17.5 Å². The van der Waals surface area contributed by atoms with Crippen molar-refractivity contribution in [3.8, 4) is 0 Å². The van der Waals surface area contributed by atoms with Crippen LogP contribution in [0.5, 0.6) is 0 Å². The monoisotopic (exact) mass is 275 g/mol. The van der Waals surface area contributed by atoms with Crippen molar-refractivity contribution in [2.24, 2.45) is 0 Å². The molecule has 1 aromatic carbocycles. The Hall–Kier alpha value is -0.580. The molecule has 17 heavy (non-hydrogen) atoms. The predicted octanol–water partition coefficient (Wildman–Crippen LogP) is 2.17. The quantitative estimate of drug-likeness (QED) is 0.810. The molecule has 0 radical (unpaired) electrons. The molecule has 0 bridgehead atoms. The Kier molecular flexibility index (Phi) is 5.43. The Labute approximate surface area is 108 Å². The van der Waals surface area contributed by atoms with E-state index in [0.717, 1.165) is 17.1 Å². The van der Waals surface area contributed by atoms with Crippen molar-refractivity contribution in [2.75, 3.05) is 18.6 Å². The van der Waals surface area contributed by atoms with Gasteiger partial charge in [-0.15, -0.1) is 0 Å². The first-order valence-electron chi connectivity index (χ1n) is 5.52. The second-order valence-corrected chi connectivity index (χ2v) is 6.93. The second kappa shape index (κ2) is 6.38. The maximum Gasteiger partial charge on any atom is 0.147 e. The molecule has 0 unspecified atom stereocenters. The van der Waals surface area contributed by atoms with Gasteiger partial charge in [0.1, 0.15) is 9.84 Å². The number of hydrogen-bond donors (Lipinski definition) is 1. The van der Waals surface area contributed by atoms with Crippen LogP contribution in [-0.4, -0.2) is 27.0 Å². The third-order valence-corrected chi connectivity index (χ3v) is 3.75. The summed E-state index contributed by atoms with van der Waals surface area (Å²) in [5.74, 6) is 0.236. The van der Waals surface area contributed by atoms with Gasteiger partial charge >= 0.3 is 0 Å². The number of rotatable bonds is 6. The van der Waals surface area contributed by atoms with Crippen LogP contribution in [-0.2, 0) is 16.4 Å². The normalized spacial score (nSPS) is 11.7.